The van der Waals surface area contributed by atoms with Gasteiger partial charge in [-0.3, -0.25) is 9.79 Å². The lowest BCUT2D eigenvalue weighted by atomic mass is 10.0. The molecule has 1 fully saturated rings. The number of carbonyl (C=O) groups is 1. The van der Waals surface area contributed by atoms with E-state index in [1.54, 1.807) is 19.2 Å². The van der Waals surface area contributed by atoms with E-state index in [2.05, 4.69) is 36.5 Å². The first-order valence-electron chi connectivity index (χ1n) is 11.4. The molecule has 0 bridgehead atoms. The second-order valence-corrected chi connectivity index (χ2v) is 8.63. The lowest BCUT2D eigenvalue weighted by Gasteiger charge is -2.32. The minimum absolute atomic E-state index is 0.0840. The molecule has 1 aliphatic heterocycles. The Balaban J connectivity index is 1.65. The molecule has 0 N–H and O–H groups in total. The quantitative estimate of drug-likeness (QED) is 0.607. The third-order valence-electron chi connectivity index (χ3n) is 6.38. The normalized spacial score (nSPS) is 14.6. The molecule has 172 valence electrons. The number of hydrogen-bond donors (Lipinski definition) is 0. The van der Waals surface area contributed by atoms with Crippen molar-refractivity contribution in [3.63, 3.8) is 0 Å². The maximum Gasteiger partial charge on any atom is 0.253 e. The van der Waals surface area contributed by atoms with E-state index in [1.807, 2.05) is 58.1 Å². The van der Waals surface area contributed by atoms with E-state index in [9.17, 15) is 4.79 Å². The van der Waals surface area contributed by atoms with E-state index in [4.69, 9.17) is 5.26 Å². The lowest BCUT2D eigenvalue weighted by molar-refractivity contribution is 0.0664. The Labute approximate surface area is 200 Å². The summed E-state index contributed by atoms with van der Waals surface area (Å²) in [5.74, 6) is 0.0840. The number of likely N-dealkylation sites (N-methyl/N-ethyl adjacent to an activating group) is 1. The Morgan fingerprint density at radius 3 is 2.21 bits per heavy atom. The van der Waals surface area contributed by atoms with Crippen LogP contribution in [0.25, 0.3) is 16.8 Å². The van der Waals surface area contributed by atoms with Crippen LogP contribution in [0.15, 0.2) is 72.4 Å². The minimum atomic E-state index is 0.0840. The number of piperazine rings is 1. The van der Waals surface area contributed by atoms with E-state index < -0.39 is 0 Å². The Morgan fingerprint density at radius 1 is 1.00 bits per heavy atom. The Morgan fingerprint density at radius 2 is 1.62 bits per heavy atom. The molecule has 2 heterocycles. The highest BCUT2D eigenvalue weighted by molar-refractivity contribution is 5.94. The monoisotopic (exact) mass is 451 g/mol. The fraction of sp³-hybridized carbons (Fsp3) is 0.250. The van der Waals surface area contributed by atoms with Gasteiger partial charge in [-0.2, -0.15) is 5.26 Å². The SMILES string of the molecule is C=C(c1ccc(C#N)cc1)n1cc(-c2ccc(C(=O)N3CCN(C)CC3)cc2)c(C)c/c1=N/C. The van der Waals surface area contributed by atoms with Crippen molar-refractivity contribution in [3.05, 3.63) is 95.1 Å². The van der Waals surface area contributed by atoms with Gasteiger partial charge in [-0.15, -0.1) is 0 Å². The third kappa shape index (κ3) is 4.70. The van der Waals surface area contributed by atoms with Gasteiger partial charge in [0.15, 0.2) is 0 Å². The van der Waals surface area contributed by atoms with Gasteiger partial charge in [-0.1, -0.05) is 30.8 Å². The number of amides is 1. The first-order valence-corrected chi connectivity index (χ1v) is 11.4. The van der Waals surface area contributed by atoms with Crippen LogP contribution >= 0.6 is 0 Å². The highest BCUT2D eigenvalue weighted by Gasteiger charge is 2.20. The number of benzene rings is 2. The van der Waals surface area contributed by atoms with Gasteiger partial charge in [-0.25, -0.2) is 0 Å². The maximum absolute atomic E-state index is 12.9. The van der Waals surface area contributed by atoms with E-state index in [0.29, 0.717) is 11.1 Å². The molecule has 6 nitrogen and oxygen atoms in total. The molecule has 2 aromatic carbocycles. The molecule has 1 saturated heterocycles. The molecule has 0 spiro atoms. The van der Waals surface area contributed by atoms with Crippen LogP contribution in [0.5, 0.6) is 0 Å². The molecular formula is C28H29N5O. The molecule has 0 unspecified atom stereocenters. The molecule has 0 radical (unpaired) electrons. The van der Waals surface area contributed by atoms with Crippen LogP contribution < -0.4 is 5.49 Å². The van der Waals surface area contributed by atoms with E-state index in [1.165, 1.54) is 0 Å². The van der Waals surface area contributed by atoms with Gasteiger partial charge in [0.1, 0.15) is 5.49 Å². The van der Waals surface area contributed by atoms with Gasteiger partial charge in [0.2, 0.25) is 0 Å². The maximum atomic E-state index is 12.9. The van der Waals surface area contributed by atoms with Crippen molar-refractivity contribution >= 4 is 11.6 Å². The van der Waals surface area contributed by atoms with Crippen molar-refractivity contribution in [2.24, 2.45) is 4.99 Å². The Bertz CT molecular complexity index is 1320. The summed E-state index contributed by atoms with van der Waals surface area (Å²) in [6.45, 7) is 9.67. The number of nitrogens with zero attached hydrogens (tertiary/aromatic N) is 5. The zero-order valence-electron chi connectivity index (χ0n) is 20.0. The molecule has 3 aromatic rings. The zero-order chi connectivity index (χ0) is 24.2. The molecule has 4 rings (SSSR count). The summed E-state index contributed by atoms with van der Waals surface area (Å²) >= 11 is 0. The summed E-state index contributed by atoms with van der Waals surface area (Å²) in [5.41, 5.74) is 6.95. The number of aryl methyl sites for hydroxylation is 1. The summed E-state index contributed by atoms with van der Waals surface area (Å²) < 4.78 is 1.97. The number of nitriles is 1. The van der Waals surface area contributed by atoms with Gasteiger partial charge in [0.05, 0.1) is 11.6 Å². The average Bonchev–Trinajstić information content (AvgIpc) is 2.88. The van der Waals surface area contributed by atoms with Gasteiger partial charge < -0.3 is 14.4 Å². The molecular weight excluding hydrogens is 422 g/mol. The molecule has 1 amide bonds. The Kier molecular flexibility index (Phi) is 6.76. The van der Waals surface area contributed by atoms with Crippen molar-refractivity contribution in [3.8, 4) is 17.2 Å². The van der Waals surface area contributed by atoms with Gasteiger partial charge in [0, 0.05) is 56.2 Å². The molecule has 0 saturated carbocycles. The van der Waals surface area contributed by atoms with Crippen molar-refractivity contribution < 1.29 is 4.79 Å². The fourth-order valence-corrected chi connectivity index (χ4v) is 4.19. The van der Waals surface area contributed by atoms with E-state index in [-0.39, 0.29) is 5.91 Å². The smallest absolute Gasteiger partial charge is 0.253 e. The van der Waals surface area contributed by atoms with E-state index in [0.717, 1.165) is 59.6 Å². The summed E-state index contributed by atoms with van der Waals surface area (Å²) in [5, 5.41) is 9.08. The predicted octanol–water partition coefficient (Wildman–Crippen LogP) is 3.77. The van der Waals surface area contributed by atoms with Crippen LogP contribution in [0.2, 0.25) is 0 Å². The van der Waals surface area contributed by atoms with Crippen LogP contribution in [-0.4, -0.2) is 60.5 Å². The lowest BCUT2D eigenvalue weighted by Crippen LogP contribution is -2.47. The number of aromatic nitrogens is 1. The molecule has 1 aliphatic rings. The van der Waals surface area contributed by atoms with Crippen molar-refractivity contribution in [2.75, 3.05) is 40.3 Å². The van der Waals surface area contributed by atoms with Crippen LogP contribution in [-0.2, 0) is 0 Å². The number of carbonyl (C=O) groups excluding carboxylic acids is 1. The number of rotatable bonds is 4. The molecule has 1 aromatic heterocycles. The highest BCUT2D eigenvalue weighted by Crippen LogP contribution is 2.25. The molecule has 34 heavy (non-hydrogen) atoms. The average molecular weight is 452 g/mol. The van der Waals surface area contributed by atoms with Gasteiger partial charge in [-0.05, 0) is 61.0 Å². The molecule has 0 atom stereocenters. The van der Waals surface area contributed by atoms with Crippen LogP contribution in [0.4, 0.5) is 0 Å². The third-order valence-corrected chi connectivity index (χ3v) is 6.38. The van der Waals surface area contributed by atoms with Crippen molar-refractivity contribution in [2.45, 2.75) is 6.92 Å². The number of hydrogen-bond acceptors (Lipinski definition) is 4. The van der Waals surface area contributed by atoms with Crippen molar-refractivity contribution in [1.29, 1.82) is 5.26 Å². The topological polar surface area (TPSA) is 64.6 Å². The Hall–Kier alpha value is -3.95. The van der Waals surface area contributed by atoms with Gasteiger partial charge >= 0.3 is 0 Å². The minimum Gasteiger partial charge on any atom is -0.336 e. The second kappa shape index (κ2) is 9.90. The molecule has 6 heteroatoms. The fourth-order valence-electron chi connectivity index (χ4n) is 4.19. The van der Waals surface area contributed by atoms with Gasteiger partial charge in [0.25, 0.3) is 5.91 Å². The highest BCUT2D eigenvalue weighted by atomic mass is 16.2. The zero-order valence-corrected chi connectivity index (χ0v) is 20.0. The first kappa shape index (κ1) is 23.2. The molecule has 0 aliphatic carbocycles. The summed E-state index contributed by atoms with van der Waals surface area (Å²) in [6.07, 6.45) is 2.04. The predicted molar refractivity (Wildman–Crippen MR) is 135 cm³/mol. The standard InChI is InChI=1S/C28H29N5O/c1-20-17-27(30-3)33(21(2)23-7-5-22(18-29)6-8-23)19-26(20)24-9-11-25(12-10-24)28(34)32-15-13-31(4)14-16-32/h5-12,17,19H,2,13-16H2,1,3-4H3/b30-27-. The first-order chi connectivity index (χ1) is 16.4. The van der Waals surface area contributed by atoms with Crippen LogP contribution in [0.1, 0.15) is 27.0 Å². The largest absolute Gasteiger partial charge is 0.336 e. The second-order valence-electron chi connectivity index (χ2n) is 8.63. The summed E-state index contributed by atoms with van der Waals surface area (Å²) in [7, 11) is 3.84. The summed E-state index contributed by atoms with van der Waals surface area (Å²) in [4.78, 5) is 21.5. The number of pyridine rings is 1. The summed E-state index contributed by atoms with van der Waals surface area (Å²) in [6, 6.07) is 19.4. The van der Waals surface area contributed by atoms with Crippen LogP contribution in [0, 0.1) is 18.3 Å². The van der Waals surface area contributed by atoms with Crippen molar-refractivity contribution in [1.82, 2.24) is 14.4 Å². The van der Waals surface area contributed by atoms with Crippen LogP contribution in [0.3, 0.4) is 0 Å². The van der Waals surface area contributed by atoms with E-state index >= 15 is 0 Å².